The van der Waals surface area contributed by atoms with Crippen LogP contribution in [0.1, 0.15) is 22.3 Å². The average molecular weight is 401 g/mol. The van der Waals surface area contributed by atoms with Crippen LogP contribution in [0, 0.1) is 0 Å². The molecule has 2 heterocycles. The van der Waals surface area contributed by atoms with Gasteiger partial charge in [-0.25, -0.2) is 0 Å². The van der Waals surface area contributed by atoms with Gasteiger partial charge in [-0.05, 0) is 35.4 Å². The molecular weight excluding hydrogens is 390 g/mol. The summed E-state index contributed by atoms with van der Waals surface area (Å²) < 4.78 is 0. The lowest BCUT2D eigenvalue weighted by atomic mass is 9.25. The van der Waals surface area contributed by atoms with E-state index in [0.717, 1.165) is 0 Å². The van der Waals surface area contributed by atoms with Crippen LogP contribution in [0.3, 0.4) is 0 Å². The second-order valence-corrected chi connectivity index (χ2v) is 8.12. The van der Waals surface area contributed by atoms with E-state index in [0.29, 0.717) is 11.1 Å². The second kappa shape index (κ2) is 8.35. The fourth-order valence-electron chi connectivity index (χ4n) is 3.24. The number of pyridine rings is 2. The molecule has 0 spiro atoms. The minimum Gasteiger partial charge on any atom is -0.264 e. The Morgan fingerprint density at radius 1 is 0.548 bits per heavy atom. The fraction of sp³-hybridized carbons (Fsp3) is 0.200. The van der Waals surface area contributed by atoms with Crippen LogP contribution in [0.5, 0.6) is 0 Å². The van der Waals surface area contributed by atoms with E-state index in [2.05, 4.69) is 9.97 Å². The van der Waals surface area contributed by atoms with Crippen LogP contribution in [0.2, 0.25) is 5.02 Å². The van der Waals surface area contributed by atoms with Crippen molar-refractivity contribution >= 4 is 74.4 Å². The van der Waals surface area contributed by atoms with Crippen molar-refractivity contribution in [3.8, 4) is 0 Å². The number of halogens is 1. The van der Waals surface area contributed by atoms with Gasteiger partial charge in [0.25, 0.3) is 0 Å². The molecular formula is C20H11B8ClN2. The largest absolute Gasteiger partial charge is 0.264 e. The molecule has 0 saturated heterocycles. The first-order valence-corrected chi connectivity index (χ1v) is 9.63. The highest BCUT2D eigenvalue weighted by Gasteiger charge is 2.41. The highest BCUT2D eigenvalue weighted by Crippen LogP contribution is 2.40. The molecule has 31 heavy (non-hydrogen) atoms. The van der Waals surface area contributed by atoms with Gasteiger partial charge >= 0.3 is 0 Å². The predicted octanol–water partition coefficient (Wildman–Crippen LogP) is 0.490. The van der Waals surface area contributed by atoms with Gasteiger partial charge in [0, 0.05) is 29.8 Å². The number of rotatable bonds is 6. The Bertz CT molecular complexity index is 978. The Hall–Kier alpha value is -1.67. The monoisotopic (exact) mass is 402 g/mol. The molecule has 0 unspecified atom stereocenters. The van der Waals surface area contributed by atoms with Gasteiger partial charge in [-0.15, -0.1) is 0 Å². The summed E-state index contributed by atoms with van der Waals surface area (Å²) in [6, 6.07) is 11.2. The van der Waals surface area contributed by atoms with E-state index in [1.54, 1.807) is 36.7 Å². The molecule has 0 saturated carbocycles. The second-order valence-electron chi connectivity index (χ2n) is 7.69. The zero-order valence-corrected chi connectivity index (χ0v) is 17.5. The van der Waals surface area contributed by atoms with Crippen LogP contribution < -0.4 is 0 Å². The zero-order chi connectivity index (χ0) is 23.1. The maximum atomic E-state index is 6.44. The van der Waals surface area contributed by atoms with Crippen LogP contribution >= 0.6 is 11.6 Å². The van der Waals surface area contributed by atoms with Crippen molar-refractivity contribution in [2.45, 2.75) is 20.9 Å². The van der Waals surface area contributed by atoms with Crippen molar-refractivity contribution in [2.24, 2.45) is 0 Å². The van der Waals surface area contributed by atoms with Gasteiger partial charge in [-0.1, -0.05) is 61.8 Å². The van der Waals surface area contributed by atoms with Crippen molar-refractivity contribution in [2.75, 3.05) is 0 Å². The smallest absolute Gasteiger partial charge is 0.0675 e. The number of hydrogen-bond donors (Lipinski definition) is 0. The zero-order valence-electron chi connectivity index (χ0n) is 16.7. The molecule has 0 N–H and O–H groups in total. The Morgan fingerprint density at radius 2 is 0.903 bits per heavy atom. The van der Waals surface area contributed by atoms with Crippen molar-refractivity contribution in [1.82, 2.24) is 9.97 Å². The Kier molecular flexibility index (Phi) is 6.46. The molecule has 0 fully saturated rings. The predicted molar refractivity (Wildman–Crippen MR) is 133 cm³/mol. The van der Waals surface area contributed by atoms with Crippen LogP contribution in [0.4, 0.5) is 0 Å². The van der Waals surface area contributed by atoms with Gasteiger partial charge < -0.3 is 0 Å². The van der Waals surface area contributed by atoms with Crippen molar-refractivity contribution < 1.29 is 0 Å². The quantitative estimate of drug-likeness (QED) is 0.562. The molecule has 0 atom stereocenters. The summed E-state index contributed by atoms with van der Waals surface area (Å²) in [5, 5.41) is -6.81. The van der Waals surface area contributed by atoms with Gasteiger partial charge in [0.05, 0.1) is 62.8 Å². The minimum absolute atomic E-state index is 0.233. The van der Waals surface area contributed by atoms with E-state index in [1.807, 2.05) is 0 Å². The van der Waals surface area contributed by atoms with Gasteiger partial charge in [0.2, 0.25) is 0 Å². The molecule has 0 aliphatic rings. The third-order valence-corrected chi connectivity index (χ3v) is 5.72. The summed E-state index contributed by atoms with van der Waals surface area (Å²) in [4.78, 5) is 8.04. The van der Waals surface area contributed by atoms with Gasteiger partial charge in [0.1, 0.15) is 0 Å². The molecule has 3 aromatic rings. The standard InChI is InChI=1S/C20H11B8ClN2/c21-17(22,12-3-1-5-30-10-12)19(25,26)14-7-15(9-16(29)8-14)20(27,28)18(23,24)13-4-2-6-31-11-13/h1-11H. The first-order valence-electron chi connectivity index (χ1n) is 9.25. The summed E-state index contributed by atoms with van der Waals surface area (Å²) in [6.45, 7) is 0. The molecule has 0 bridgehead atoms. The SMILES string of the molecule is [B]C([B])(c1cccnc1)C([B])([B])c1cc(Cl)cc(C([B])([B])C([B])([B])c2cccnc2)c1. The molecule has 3 rings (SSSR count). The van der Waals surface area contributed by atoms with E-state index in [4.69, 9.17) is 74.4 Å². The van der Waals surface area contributed by atoms with Crippen LogP contribution in [-0.4, -0.2) is 72.7 Å². The van der Waals surface area contributed by atoms with E-state index in [-0.39, 0.29) is 16.1 Å². The summed E-state index contributed by atoms with van der Waals surface area (Å²) in [6.07, 6.45) is 6.10. The molecule has 2 nitrogen and oxygen atoms in total. The molecule has 16 radical (unpaired) electrons. The van der Waals surface area contributed by atoms with E-state index in [1.165, 1.54) is 30.6 Å². The molecule has 132 valence electrons. The first-order chi connectivity index (χ1) is 14.3. The van der Waals surface area contributed by atoms with Crippen molar-refractivity contribution in [3.63, 3.8) is 0 Å². The summed E-state index contributed by atoms with van der Waals surface area (Å²) in [7, 11) is 51.2. The minimum atomic E-state index is -1.80. The van der Waals surface area contributed by atoms with Gasteiger partial charge in [-0.3, -0.25) is 9.97 Å². The third kappa shape index (κ3) is 4.21. The number of benzene rings is 1. The molecule has 2 aromatic heterocycles. The normalized spacial score (nSPS) is 13.1. The maximum absolute atomic E-state index is 6.44. The highest BCUT2D eigenvalue weighted by atomic mass is 35.5. The summed E-state index contributed by atoms with van der Waals surface area (Å²) in [5.41, 5.74) is 1.36. The topological polar surface area (TPSA) is 25.8 Å². The fourth-order valence-corrected chi connectivity index (χ4v) is 3.47. The highest BCUT2D eigenvalue weighted by molar-refractivity contribution is 6.55. The molecule has 0 amide bonds. The third-order valence-electron chi connectivity index (χ3n) is 5.50. The van der Waals surface area contributed by atoms with Gasteiger partial charge in [-0.2, -0.15) is 0 Å². The molecule has 0 aliphatic carbocycles. The first kappa shape index (κ1) is 24.0. The van der Waals surface area contributed by atoms with E-state index >= 15 is 0 Å². The number of aromatic nitrogens is 2. The maximum Gasteiger partial charge on any atom is 0.0675 e. The Morgan fingerprint density at radius 3 is 1.23 bits per heavy atom. The Labute approximate surface area is 199 Å². The van der Waals surface area contributed by atoms with Crippen LogP contribution in [0.25, 0.3) is 0 Å². The lowest BCUT2D eigenvalue weighted by Crippen LogP contribution is -2.53. The van der Waals surface area contributed by atoms with Crippen LogP contribution in [-0.2, 0) is 20.9 Å². The average Bonchev–Trinajstić information content (AvgIpc) is 2.74. The summed E-state index contributed by atoms with van der Waals surface area (Å²) in [5.74, 6) is 0. The molecule has 0 aliphatic heterocycles. The van der Waals surface area contributed by atoms with Gasteiger partial charge in [0.15, 0.2) is 0 Å². The Balaban J connectivity index is 2.12. The van der Waals surface area contributed by atoms with Crippen molar-refractivity contribution in [1.29, 1.82) is 0 Å². The number of nitrogens with zero attached hydrogens (tertiary/aromatic N) is 2. The van der Waals surface area contributed by atoms with E-state index in [9.17, 15) is 0 Å². The molecule has 11 heteroatoms. The summed E-state index contributed by atoms with van der Waals surface area (Å²) >= 11 is 6.34. The van der Waals surface area contributed by atoms with E-state index < -0.39 is 20.9 Å². The lowest BCUT2D eigenvalue weighted by Gasteiger charge is -2.48. The van der Waals surface area contributed by atoms with Crippen molar-refractivity contribution in [3.05, 3.63) is 94.5 Å². The van der Waals surface area contributed by atoms with Crippen LogP contribution in [0.15, 0.2) is 67.3 Å². The number of hydrogen-bond acceptors (Lipinski definition) is 2. The molecule has 1 aromatic carbocycles. The lowest BCUT2D eigenvalue weighted by molar-refractivity contribution is 0.703.